The lowest BCUT2D eigenvalue weighted by Crippen LogP contribution is -2.16. The standard InChI is InChI=1S/C18H13F2N3O3/c19-13-6-4-11(5-7-13)10-23-16(9-15(22-23)18(25)26)21-17(24)12-2-1-3-14(20)8-12/h1-9H,10H2,(H,21,24)(H,25,26). The van der Waals surface area contributed by atoms with Crippen molar-refractivity contribution in [1.29, 1.82) is 0 Å². The van der Waals surface area contributed by atoms with E-state index >= 15 is 0 Å². The summed E-state index contributed by atoms with van der Waals surface area (Å²) in [5.74, 6) is -2.71. The molecular weight excluding hydrogens is 344 g/mol. The number of benzene rings is 2. The van der Waals surface area contributed by atoms with Gasteiger partial charge in [-0.1, -0.05) is 18.2 Å². The average Bonchev–Trinajstić information content (AvgIpc) is 3.00. The van der Waals surface area contributed by atoms with E-state index in [4.69, 9.17) is 5.11 Å². The third-order valence-electron chi connectivity index (χ3n) is 3.57. The Kier molecular flexibility index (Phi) is 4.74. The van der Waals surface area contributed by atoms with E-state index in [-0.39, 0.29) is 23.6 Å². The highest BCUT2D eigenvalue weighted by Gasteiger charge is 2.16. The summed E-state index contributed by atoms with van der Waals surface area (Å²) in [6, 6.07) is 11.9. The molecule has 0 atom stereocenters. The molecule has 0 spiro atoms. The number of hydrogen-bond donors (Lipinski definition) is 2. The molecule has 0 aliphatic rings. The van der Waals surface area contributed by atoms with E-state index in [1.165, 1.54) is 53.2 Å². The Morgan fingerprint density at radius 3 is 2.42 bits per heavy atom. The van der Waals surface area contributed by atoms with Gasteiger partial charge >= 0.3 is 5.97 Å². The summed E-state index contributed by atoms with van der Waals surface area (Å²) in [7, 11) is 0. The van der Waals surface area contributed by atoms with Crippen LogP contribution in [-0.4, -0.2) is 26.8 Å². The van der Waals surface area contributed by atoms with Crippen LogP contribution in [0.15, 0.2) is 54.6 Å². The minimum absolute atomic E-state index is 0.0800. The summed E-state index contributed by atoms with van der Waals surface area (Å²) in [5, 5.41) is 15.6. The van der Waals surface area contributed by atoms with Gasteiger partial charge in [0.15, 0.2) is 5.69 Å². The van der Waals surface area contributed by atoms with Crippen molar-refractivity contribution in [2.24, 2.45) is 0 Å². The Labute approximate surface area is 146 Å². The second-order valence-corrected chi connectivity index (χ2v) is 5.47. The van der Waals surface area contributed by atoms with Gasteiger partial charge in [-0.3, -0.25) is 4.79 Å². The van der Waals surface area contributed by atoms with Crippen LogP contribution >= 0.6 is 0 Å². The zero-order valence-electron chi connectivity index (χ0n) is 13.3. The van der Waals surface area contributed by atoms with Crippen LogP contribution < -0.4 is 5.32 Å². The maximum absolute atomic E-state index is 13.3. The van der Waals surface area contributed by atoms with Crippen LogP contribution in [0.2, 0.25) is 0 Å². The fourth-order valence-electron chi connectivity index (χ4n) is 2.32. The molecule has 132 valence electrons. The van der Waals surface area contributed by atoms with Gasteiger partial charge in [0.25, 0.3) is 5.91 Å². The second kappa shape index (κ2) is 7.14. The number of nitrogens with one attached hydrogen (secondary N) is 1. The van der Waals surface area contributed by atoms with E-state index < -0.39 is 23.5 Å². The molecule has 6 nitrogen and oxygen atoms in total. The highest BCUT2D eigenvalue weighted by Crippen LogP contribution is 2.16. The summed E-state index contributed by atoms with van der Waals surface area (Å²) < 4.78 is 27.6. The number of anilines is 1. The Morgan fingerprint density at radius 1 is 1.04 bits per heavy atom. The van der Waals surface area contributed by atoms with E-state index in [0.29, 0.717) is 5.56 Å². The minimum atomic E-state index is -1.26. The molecule has 0 bridgehead atoms. The fourth-order valence-corrected chi connectivity index (χ4v) is 2.32. The molecule has 0 radical (unpaired) electrons. The van der Waals surface area contributed by atoms with Crippen molar-refractivity contribution in [2.45, 2.75) is 6.54 Å². The van der Waals surface area contributed by atoms with Gasteiger partial charge in [0, 0.05) is 11.6 Å². The third kappa shape index (κ3) is 3.92. The van der Waals surface area contributed by atoms with Crippen molar-refractivity contribution < 1.29 is 23.5 Å². The molecule has 0 unspecified atom stereocenters. The van der Waals surface area contributed by atoms with Crippen molar-refractivity contribution >= 4 is 17.7 Å². The average molecular weight is 357 g/mol. The SMILES string of the molecule is O=C(Nc1cc(C(=O)O)nn1Cc1ccc(F)cc1)c1cccc(F)c1. The molecule has 2 aromatic carbocycles. The lowest BCUT2D eigenvalue weighted by molar-refractivity contribution is 0.0689. The number of nitrogens with zero attached hydrogens (tertiary/aromatic N) is 2. The number of amides is 1. The van der Waals surface area contributed by atoms with Crippen LogP contribution in [0.4, 0.5) is 14.6 Å². The summed E-state index contributed by atoms with van der Waals surface area (Å²) in [6.07, 6.45) is 0. The minimum Gasteiger partial charge on any atom is -0.476 e. The molecule has 0 fully saturated rings. The van der Waals surface area contributed by atoms with Gasteiger partial charge in [-0.05, 0) is 35.9 Å². The summed E-state index contributed by atoms with van der Waals surface area (Å²) in [5.41, 5.74) is 0.478. The number of carbonyl (C=O) groups is 2. The number of aromatic nitrogens is 2. The molecule has 1 aromatic heterocycles. The molecule has 2 N–H and O–H groups in total. The molecule has 3 rings (SSSR count). The van der Waals surface area contributed by atoms with E-state index in [0.717, 1.165) is 6.07 Å². The molecule has 0 aliphatic carbocycles. The maximum Gasteiger partial charge on any atom is 0.356 e. The highest BCUT2D eigenvalue weighted by atomic mass is 19.1. The topological polar surface area (TPSA) is 84.2 Å². The van der Waals surface area contributed by atoms with E-state index in [1.807, 2.05) is 0 Å². The number of hydrogen-bond acceptors (Lipinski definition) is 3. The zero-order valence-corrected chi connectivity index (χ0v) is 13.3. The predicted molar refractivity (Wildman–Crippen MR) is 89.0 cm³/mol. The molecule has 0 aliphatic heterocycles. The van der Waals surface area contributed by atoms with Gasteiger partial charge in [-0.15, -0.1) is 0 Å². The number of aromatic carboxylic acids is 1. The van der Waals surface area contributed by atoms with Crippen LogP contribution in [0.1, 0.15) is 26.4 Å². The fraction of sp³-hybridized carbons (Fsp3) is 0.0556. The highest BCUT2D eigenvalue weighted by molar-refractivity contribution is 6.04. The van der Waals surface area contributed by atoms with Crippen LogP contribution in [0.5, 0.6) is 0 Å². The van der Waals surface area contributed by atoms with Crippen molar-refractivity contribution in [2.75, 3.05) is 5.32 Å². The van der Waals surface area contributed by atoms with Gasteiger partial charge in [0.2, 0.25) is 0 Å². The van der Waals surface area contributed by atoms with Gasteiger partial charge in [-0.25, -0.2) is 18.3 Å². The Morgan fingerprint density at radius 2 is 1.77 bits per heavy atom. The normalized spacial score (nSPS) is 10.5. The van der Waals surface area contributed by atoms with Gasteiger partial charge in [0.1, 0.15) is 17.5 Å². The van der Waals surface area contributed by atoms with Crippen LogP contribution in [0, 0.1) is 11.6 Å². The molecule has 1 amide bonds. The van der Waals surface area contributed by atoms with Gasteiger partial charge < -0.3 is 10.4 Å². The lowest BCUT2D eigenvalue weighted by Gasteiger charge is -2.09. The number of carbonyl (C=O) groups excluding carboxylic acids is 1. The van der Waals surface area contributed by atoms with E-state index in [1.54, 1.807) is 0 Å². The lowest BCUT2D eigenvalue weighted by atomic mass is 10.2. The van der Waals surface area contributed by atoms with Gasteiger partial charge in [0.05, 0.1) is 6.54 Å². The summed E-state index contributed by atoms with van der Waals surface area (Å²) in [4.78, 5) is 23.5. The number of carboxylic acid groups (broad SMARTS) is 1. The molecule has 8 heteroatoms. The van der Waals surface area contributed by atoms with E-state index in [9.17, 15) is 18.4 Å². The quantitative estimate of drug-likeness (QED) is 0.735. The molecule has 0 saturated carbocycles. The molecule has 3 aromatic rings. The zero-order chi connectivity index (χ0) is 18.7. The molecular formula is C18H13F2N3O3. The first-order chi connectivity index (χ1) is 12.4. The van der Waals surface area contributed by atoms with Crippen LogP contribution in [-0.2, 0) is 6.54 Å². The number of halogens is 2. The smallest absolute Gasteiger partial charge is 0.356 e. The molecule has 1 heterocycles. The monoisotopic (exact) mass is 357 g/mol. The Hall–Kier alpha value is -3.55. The number of rotatable bonds is 5. The Bertz CT molecular complexity index is 968. The number of carboxylic acids is 1. The van der Waals surface area contributed by atoms with Crippen molar-refractivity contribution in [3.05, 3.63) is 83.1 Å². The summed E-state index contributed by atoms with van der Waals surface area (Å²) >= 11 is 0. The van der Waals surface area contributed by atoms with Crippen LogP contribution in [0.3, 0.4) is 0 Å². The predicted octanol–water partition coefficient (Wildman–Crippen LogP) is 3.16. The molecule has 0 saturated heterocycles. The molecule has 26 heavy (non-hydrogen) atoms. The van der Waals surface area contributed by atoms with Crippen LogP contribution in [0.25, 0.3) is 0 Å². The first kappa shape index (κ1) is 17.3. The summed E-state index contributed by atoms with van der Waals surface area (Å²) in [6.45, 7) is 0.117. The Balaban J connectivity index is 1.88. The third-order valence-corrected chi connectivity index (χ3v) is 3.57. The van der Waals surface area contributed by atoms with Crippen molar-refractivity contribution in [3.63, 3.8) is 0 Å². The van der Waals surface area contributed by atoms with Crippen molar-refractivity contribution in [1.82, 2.24) is 9.78 Å². The van der Waals surface area contributed by atoms with Gasteiger partial charge in [-0.2, -0.15) is 5.10 Å². The van der Waals surface area contributed by atoms with Crippen molar-refractivity contribution in [3.8, 4) is 0 Å². The second-order valence-electron chi connectivity index (χ2n) is 5.47. The maximum atomic E-state index is 13.3. The largest absolute Gasteiger partial charge is 0.476 e. The first-order valence-electron chi connectivity index (χ1n) is 7.55. The first-order valence-corrected chi connectivity index (χ1v) is 7.55. The van der Waals surface area contributed by atoms with E-state index in [2.05, 4.69) is 10.4 Å².